The van der Waals surface area contributed by atoms with Crippen molar-refractivity contribution in [2.45, 2.75) is 31.7 Å². The van der Waals surface area contributed by atoms with E-state index in [2.05, 4.69) is 4.72 Å². The van der Waals surface area contributed by atoms with Crippen molar-refractivity contribution in [3.63, 3.8) is 0 Å². The first-order valence-corrected chi connectivity index (χ1v) is 7.51. The van der Waals surface area contributed by atoms with Crippen molar-refractivity contribution >= 4 is 10.0 Å². The molecular formula is C14H17NO3S. The normalized spacial score (nSPS) is 13.4. The van der Waals surface area contributed by atoms with E-state index in [9.17, 15) is 8.42 Å². The molecule has 1 heterocycles. The van der Waals surface area contributed by atoms with Crippen molar-refractivity contribution in [3.8, 4) is 0 Å². The third-order valence-electron chi connectivity index (χ3n) is 2.94. The third-order valence-corrected chi connectivity index (χ3v) is 4.62. The molecule has 0 radical (unpaired) electrons. The summed E-state index contributed by atoms with van der Waals surface area (Å²) < 4.78 is 32.5. The monoisotopic (exact) mass is 279 g/mol. The van der Waals surface area contributed by atoms with Crippen LogP contribution in [0.2, 0.25) is 0 Å². The summed E-state index contributed by atoms with van der Waals surface area (Å²) in [5.41, 5.74) is 1.64. The highest BCUT2D eigenvalue weighted by molar-refractivity contribution is 7.89. The summed E-state index contributed by atoms with van der Waals surface area (Å²) in [7, 11) is -3.55. The molecule has 1 aromatic heterocycles. The fourth-order valence-corrected chi connectivity index (χ4v) is 3.43. The minimum atomic E-state index is -3.55. The van der Waals surface area contributed by atoms with E-state index in [0.29, 0.717) is 10.7 Å². The second-order valence-electron chi connectivity index (χ2n) is 4.63. The summed E-state index contributed by atoms with van der Waals surface area (Å²) in [5, 5.41) is 0. The molecule has 102 valence electrons. The van der Waals surface area contributed by atoms with Crippen molar-refractivity contribution in [1.82, 2.24) is 4.72 Å². The van der Waals surface area contributed by atoms with Gasteiger partial charge in [-0.3, -0.25) is 0 Å². The van der Waals surface area contributed by atoms with Crippen molar-refractivity contribution in [3.05, 3.63) is 53.5 Å². The SMILES string of the molecule is Cc1ccc(C)c(S(=O)(=O)N[C@H](C)c2ccco2)c1. The maximum Gasteiger partial charge on any atom is 0.241 e. The van der Waals surface area contributed by atoms with E-state index >= 15 is 0 Å². The van der Waals surface area contributed by atoms with Gasteiger partial charge >= 0.3 is 0 Å². The Hall–Kier alpha value is -1.59. The lowest BCUT2D eigenvalue weighted by molar-refractivity contribution is 0.459. The van der Waals surface area contributed by atoms with Gasteiger partial charge < -0.3 is 4.42 Å². The molecule has 0 unspecified atom stereocenters. The van der Waals surface area contributed by atoms with Gasteiger partial charge in [-0.1, -0.05) is 12.1 Å². The fraction of sp³-hybridized carbons (Fsp3) is 0.286. The van der Waals surface area contributed by atoms with E-state index < -0.39 is 16.1 Å². The standard InChI is InChI=1S/C14H17NO3S/c1-10-6-7-11(2)14(9-10)19(16,17)15-12(3)13-5-4-8-18-13/h4-9,12,15H,1-3H3/t12-/m1/s1. The zero-order valence-corrected chi connectivity index (χ0v) is 12.0. The predicted octanol–water partition coefficient (Wildman–Crippen LogP) is 2.94. The number of nitrogens with one attached hydrogen (secondary N) is 1. The van der Waals surface area contributed by atoms with Crippen LogP contribution in [0.15, 0.2) is 45.9 Å². The average Bonchev–Trinajstić information content (AvgIpc) is 2.85. The van der Waals surface area contributed by atoms with Crippen LogP contribution < -0.4 is 4.72 Å². The lowest BCUT2D eigenvalue weighted by atomic mass is 10.2. The van der Waals surface area contributed by atoms with Crippen LogP contribution in [-0.2, 0) is 10.0 Å². The molecule has 0 bridgehead atoms. The summed E-state index contributed by atoms with van der Waals surface area (Å²) in [6.45, 7) is 5.40. The quantitative estimate of drug-likeness (QED) is 0.936. The summed E-state index contributed by atoms with van der Waals surface area (Å²) in [4.78, 5) is 0.311. The van der Waals surface area contributed by atoms with Crippen molar-refractivity contribution in [2.75, 3.05) is 0 Å². The molecule has 0 aliphatic heterocycles. The molecule has 1 N–H and O–H groups in total. The molecule has 1 atom stereocenters. The molecule has 2 aromatic rings. The van der Waals surface area contributed by atoms with Gasteiger partial charge in [0.15, 0.2) is 0 Å². The summed E-state index contributed by atoms with van der Waals surface area (Å²) >= 11 is 0. The molecule has 0 fully saturated rings. The minimum Gasteiger partial charge on any atom is -0.468 e. The maximum atomic E-state index is 12.4. The molecular weight excluding hydrogens is 262 g/mol. The van der Waals surface area contributed by atoms with Crippen LogP contribution in [0.1, 0.15) is 29.9 Å². The Bertz CT molecular complexity index is 660. The van der Waals surface area contributed by atoms with Gasteiger partial charge in [0.1, 0.15) is 5.76 Å². The summed E-state index contributed by atoms with van der Waals surface area (Å²) in [6, 6.07) is 8.45. The Balaban J connectivity index is 2.30. The van der Waals surface area contributed by atoms with Gasteiger partial charge in [-0.25, -0.2) is 13.1 Å². The number of sulfonamides is 1. The molecule has 4 nitrogen and oxygen atoms in total. The van der Waals surface area contributed by atoms with Crippen LogP contribution in [-0.4, -0.2) is 8.42 Å². The van der Waals surface area contributed by atoms with Crippen LogP contribution in [0, 0.1) is 13.8 Å². The minimum absolute atomic E-state index is 0.311. The van der Waals surface area contributed by atoms with Crippen molar-refractivity contribution in [1.29, 1.82) is 0 Å². The lowest BCUT2D eigenvalue weighted by Crippen LogP contribution is -2.27. The Labute approximate surface area is 113 Å². The Morgan fingerprint density at radius 2 is 1.95 bits per heavy atom. The molecule has 0 spiro atoms. The number of furan rings is 1. The highest BCUT2D eigenvalue weighted by atomic mass is 32.2. The molecule has 1 aromatic carbocycles. The van der Waals surface area contributed by atoms with E-state index in [4.69, 9.17) is 4.42 Å². The third kappa shape index (κ3) is 3.05. The van der Waals surface area contributed by atoms with E-state index in [1.54, 1.807) is 38.1 Å². The fourth-order valence-electron chi connectivity index (χ4n) is 1.89. The van der Waals surface area contributed by atoms with Gasteiger partial charge in [-0.15, -0.1) is 0 Å². The van der Waals surface area contributed by atoms with Crippen molar-refractivity contribution < 1.29 is 12.8 Å². The highest BCUT2D eigenvalue weighted by Crippen LogP contribution is 2.20. The van der Waals surface area contributed by atoms with E-state index in [0.717, 1.165) is 11.1 Å². The van der Waals surface area contributed by atoms with Crippen molar-refractivity contribution in [2.24, 2.45) is 0 Å². The Morgan fingerprint density at radius 1 is 1.21 bits per heavy atom. The van der Waals surface area contributed by atoms with Gasteiger partial charge in [0, 0.05) is 0 Å². The number of hydrogen-bond donors (Lipinski definition) is 1. The highest BCUT2D eigenvalue weighted by Gasteiger charge is 2.21. The zero-order chi connectivity index (χ0) is 14.0. The molecule has 0 saturated heterocycles. The second-order valence-corrected chi connectivity index (χ2v) is 6.31. The van der Waals surface area contributed by atoms with Crippen LogP contribution in [0.5, 0.6) is 0 Å². The topological polar surface area (TPSA) is 59.3 Å². The first-order chi connectivity index (χ1) is 8.90. The smallest absolute Gasteiger partial charge is 0.241 e. The Morgan fingerprint density at radius 3 is 2.58 bits per heavy atom. The van der Waals surface area contributed by atoms with Crippen LogP contribution >= 0.6 is 0 Å². The molecule has 0 saturated carbocycles. The van der Waals surface area contributed by atoms with Crippen LogP contribution in [0.25, 0.3) is 0 Å². The summed E-state index contributed by atoms with van der Waals surface area (Å²) in [5.74, 6) is 0.592. The molecule has 0 amide bonds. The molecule has 0 aliphatic carbocycles. The second kappa shape index (κ2) is 5.19. The Kier molecular flexibility index (Phi) is 3.78. The van der Waals surface area contributed by atoms with E-state index in [1.165, 1.54) is 6.26 Å². The van der Waals surface area contributed by atoms with E-state index in [-0.39, 0.29) is 0 Å². The molecule has 19 heavy (non-hydrogen) atoms. The van der Waals surface area contributed by atoms with Gasteiger partial charge in [0.05, 0.1) is 17.2 Å². The molecule has 5 heteroatoms. The summed E-state index contributed by atoms with van der Waals surface area (Å²) in [6.07, 6.45) is 1.53. The average molecular weight is 279 g/mol. The van der Waals surface area contributed by atoms with Crippen LogP contribution in [0.4, 0.5) is 0 Å². The van der Waals surface area contributed by atoms with Gasteiger partial charge in [0.2, 0.25) is 10.0 Å². The lowest BCUT2D eigenvalue weighted by Gasteiger charge is -2.14. The number of benzene rings is 1. The molecule has 2 rings (SSSR count). The van der Waals surface area contributed by atoms with Crippen LogP contribution in [0.3, 0.4) is 0 Å². The van der Waals surface area contributed by atoms with E-state index in [1.807, 2.05) is 13.0 Å². The largest absolute Gasteiger partial charge is 0.468 e. The first kappa shape index (κ1) is 13.8. The number of rotatable bonds is 4. The zero-order valence-electron chi connectivity index (χ0n) is 11.2. The first-order valence-electron chi connectivity index (χ1n) is 6.03. The maximum absolute atomic E-state index is 12.4. The van der Waals surface area contributed by atoms with Gasteiger partial charge in [-0.2, -0.15) is 0 Å². The number of hydrogen-bond acceptors (Lipinski definition) is 3. The predicted molar refractivity (Wildman–Crippen MR) is 73.4 cm³/mol. The van der Waals surface area contributed by atoms with Gasteiger partial charge in [-0.05, 0) is 50.1 Å². The van der Waals surface area contributed by atoms with Gasteiger partial charge in [0.25, 0.3) is 0 Å². The number of aryl methyl sites for hydroxylation is 2. The molecule has 0 aliphatic rings.